The van der Waals surface area contributed by atoms with E-state index in [1.165, 1.54) is 0 Å². The molecule has 2 aromatic carbocycles. The zero-order valence-electron chi connectivity index (χ0n) is 13.8. The van der Waals surface area contributed by atoms with Gasteiger partial charge in [0.2, 0.25) is 0 Å². The molecule has 0 unspecified atom stereocenters. The molecule has 0 saturated heterocycles. The molecule has 0 aromatic heterocycles. The van der Waals surface area contributed by atoms with Crippen LogP contribution in [-0.4, -0.2) is 32.1 Å². The van der Waals surface area contributed by atoms with Crippen molar-refractivity contribution in [1.29, 1.82) is 0 Å². The minimum Gasteiger partial charge on any atom is -0.494 e. The fourth-order valence-corrected chi connectivity index (χ4v) is 3.02. The van der Waals surface area contributed by atoms with E-state index in [9.17, 15) is 0 Å². The molecule has 5 heteroatoms. The number of benzene rings is 2. The number of nitrogens with two attached hydrogens (primary N) is 2. The van der Waals surface area contributed by atoms with Crippen molar-refractivity contribution in [2.75, 3.05) is 38.7 Å². The summed E-state index contributed by atoms with van der Waals surface area (Å²) in [5, 5.41) is 0. The second-order valence-electron chi connectivity index (χ2n) is 5.73. The summed E-state index contributed by atoms with van der Waals surface area (Å²) >= 11 is 1.65. The van der Waals surface area contributed by atoms with Crippen LogP contribution in [0.3, 0.4) is 0 Å². The number of unbranched alkanes of at least 4 members (excludes halogenated alkanes) is 1. The molecule has 0 atom stereocenters. The van der Waals surface area contributed by atoms with Gasteiger partial charge in [-0.05, 0) is 69.9 Å². The van der Waals surface area contributed by atoms with Crippen molar-refractivity contribution in [3.63, 3.8) is 0 Å². The van der Waals surface area contributed by atoms with E-state index in [2.05, 4.69) is 31.1 Å². The maximum absolute atomic E-state index is 5.85. The van der Waals surface area contributed by atoms with E-state index in [4.69, 9.17) is 16.2 Å². The highest BCUT2D eigenvalue weighted by Crippen LogP contribution is 2.32. The van der Waals surface area contributed by atoms with Gasteiger partial charge in [0.25, 0.3) is 0 Å². The summed E-state index contributed by atoms with van der Waals surface area (Å²) in [6.45, 7) is 1.84. The lowest BCUT2D eigenvalue weighted by Gasteiger charge is -2.10. The third kappa shape index (κ3) is 6.04. The van der Waals surface area contributed by atoms with Gasteiger partial charge in [-0.15, -0.1) is 0 Å². The SMILES string of the molecule is CN(C)CCCCOc1cccc(Sc2ccc(N)c(N)c2)c1. The van der Waals surface area contributed by atoms with Gasteiger partial charge in [-0.3, -0.25) is 0 Å². The minimum atomic E-state index is 0.614. The quantitative estimate of drug-likeness (QED) is 0.570. The first-order chi connectivity index (χ1) is 11.0. The molecule has 0 aliphatic rings. The first-order valence-electron chi connectivity index (χ1n) is 7.75. The van der Waals surface area contributed by atoms with Crippen LogP contribution in [0, 0.1) is 0 Å². The van der Waals surface area contributed by atoms with Gasteiger partial charge in [-0.1, -0.05) is 17.8 Å². The highest BCUT2D eigenvalue weighted by atomic mass is 32.2. The Morgan fingerprint density at radius 2 is 1.74 bits per heavy atom. The van der Waals surface area contributed by atoms with Gasteiger partial charge in [0.15, 0.2) is 0 Å². The van der Waals surface area contributed by atoms with Gasteiger partial charge in [-0.2, -0.15) is 0 Å². The molecule has 0 heterocycles. The molecule has 0 bridgehead atoms. The van der Waals surface area contributed by atoms with E-state index in [1.807, 2.05) is 30.3 Å². The molecule has 0 fully saturated rings. The molecule has 23 heavy (non-hydrogen) atoms. The van der Waals surface area contributed by atoms with Gasteiger partial charge < -0.3 is 21.1 Å². The molecule has 2 aromatic rings. The average Bonchev–Trinajstić information content (AvgIpc) is 2.51. The third-order valence-electron chi connectivity index (χ3n) is 3.37. The van der Waals surface area contributed by atoms with Crippen LogP contribution >= 0.6 is 11.8 Å². The standard InChI is InChI=1S/C18H25N3OS/c1-21(2)10-3-4-11-22-14-6-5-7-15(12-14)23-16-8-9-17(19)18(20)13-16/h5-9,12-13H,3-4,10-11,19-20H2,1-2H3. The molecule has 0 aliphatic heterocycles. The second-order valence-corrected chi connectivity index (χ2v) is 6.87. The lowest BCUT2D eigenvalue weighted by Crippen LogP contribution is -2.13. The average molecular weight is 331 g/mol. The molecular formula is C18H25N3OS. The van der Waals surface area contributed by atoms with Crippen molar-refractivity contribution in [3.05, 3.63) is 42.5 Å². The van der Waals surface area contributed by atoms with Crippen molar-refractivity contribution < 1.29 is 4.74 Å². The Labute approximate surface area is 142 Å². The Balaban J connectivity index is 1.87. The summed E-state index contributed by atoms with van der Waals surface area (Å²) in [5.74, 6) is 0.906. The molecule has 4 N–H and O–H groups in total. The number of ether oxygens (including phenoxy) is 1. The largest absolute Gasteiger partial charge is 0.494 e. The topological polar surface area (TPSA) is 64.5 Å². The summed E-state index contributed by atoms with van der Waals surface area (Å²) in [6.07, 6.45) is 2.20. The molecule has 0 spiro atoms. The maximum atomic E-state index is 5.85. The summed E-state index contributed by atoms with van der Waals surface area (Å²) in [7, 11) is 4.18. The molecule has 0 radical (unpaired) electrons. The van der Waals surface area contributed by atoms with Crippen LogP contribution in [0.15, 0.2) is 52.3 Å². The second kappa shape index (κ2) is 8.70. The van der Waals surface area contributed by atoms with Crippen molar-refractivity contribution >= 4 is 23.1 Å². The molecule has 0 saturated carbocycles. The Morgan fingerprint density at radius 1 is 0.957 bits per heavy atom. The number of rotatable bonds is 8. The molecule has 0 aliphatic carbocycles. The lowest BCUT2D eigenvalue weighted by molar-refractivity contribution is 0.292. The molecular weight excluding hydrogens is 306 g/mol. The molecule has 4 nitrogen and oxygen atoms in total. The maximum Gasteiger partial charge on any atom is 0.120 e. The monoisotopic (exact) mass is 331 g/mol. The third-order valence-corrected chi connectivity index (χ3v) is 4.35. The minimum absolute atomic E-state index is 0.614. The first kappa shape index (κ1) is 17.5. The van der Waals surface area contributed by atoms with Crippen molar-refractivity contribution in [2.45, 2.75) is 22.6 Å². The van der Waals surface area contributed by atoms with E-state index < -0.39 is 0 Å². The van der Waals surface area contributed by atoms with Crippen LogP contribution < -0.4 is 16.2 Å². The van der Waals surface area contributed by atoms with E-state index >= 15 is 0 Å². The molecule has 124 valence electrons. The Bertz CT molecular complexity index is 631. The van der Waals surface area contributed by atoms with Crippen LogP contribution in [-0.2, 0) is 0 Å². The smallest absolute Gasteiger partial charge is 0.120 e. The van der Waals surface area contributed by atoms with Crippen LogP contribution in [0.5, 0.6) is 5.75 Å². The van der Waals surface area contributed by atoms with Crippen LogP contribution in [0.1, 0.15) is 12.8 Å². The fraction of sp³-hybridized carbons (Fsp3) is 0.333. The molecule has 0 amide bonds. The van der Waals surface area contributed by atoms with Gasteiger partial charge in [0.1, 0.15) is 5.75 Å². The summed E-state index contributed by atoms with van der Waals surface area (Å²) in [6, 6.07) is 13.8. The molecule has 2 rings (SSSR count). The zero-order chi connectivity index (χ0) is 16.7. The van der Waals surface area contributed by atoms with E-state index in [1.54, 1.807) is 11.8 Å². The summed E-state index contributed by atoms with van der Waals surface area (Å²) in [4.78, 5) is 4.38. The Hall–Kier alpha value is -1.85. The predicted octanol–water partition coefficient (Wildman–Crippen LogP) is 3.72. The van der Waals surface area contributed by atoms with E-state index in [-0.39, 0.29) is 0 Å². The fourth-order valence-electron chi connectivity index (χ4n) is 2.10. The Kier molecular flexibility index (Phi) is 6.62. The van der Waals surface area contributed by atoms with Gasteiger partial charge >= 0.3 is 0 Å². The summed E-state index contributed by atoms with van der Waals surface area (Å²) < 4.78 is 5.83. The first-order valence-corrected chi connectivity index (χ1v) is 8.56. The van der Waals surface area contributed by atoms with Crippen LogP contribution in [0.2, 0.25) is 0 Å². The lowest BCUT2D eigenvalue weighted by atomic mass is 10.3. The van der Waals surface area contributed by atoms with E-state index in [0.717, 1.165) is 41.5 Å². The number of nitrogen functional groups attached to an aromatic ring is 2. The van der Waals surface area contributed by atoms with Crippen molar-refractivity contribution in [1.82, 2.24) is 4.90 Å². The van der Waals surface area contributed by atoms with Gasteiger partial charge in [-0.25, -0.2) is 0 Å². The zero-order valence-corrected chi connectivity index (χ0v) is 14.6. The number of nitrogens with zero attached hydrogens (tertiary/aromatic N) is 1. The van der Waals surface area contributed by atoms with Crippen molar-refractivity contribution in [2.24, 2.45) is 0 Å². The van der Waals surface area contributed by atoms with E-state index in [0.29, 0.717) is 11.4 Å². The number of hydrogen-bond acceptors (Lipinski definition) is 5. The number of anilines is 2. The van der Waals surface area contributed by atoms with Crippen molar-refractivity contribution in [3.8, 4) is 5.75 Å². The highest BCUT2D eigenvalue weighted by molar-refractivity contribution is 7.99. The van der Waals surface area contributed by atoms with Crippen LogP contribution in [0.4, 0.5) is 11.4 Å². The highest BCUT2D eigenvalue weighted by Gasteiger charge is 2.02. The normalized spacial score (nSPS) is 10.9. The Morgan fingerprint density at radius 3 is 2.48 bits per heavy atom. The van der Waals surface area contributed by atoms with Gasteiger partial charge in [0, 0.05) is 9.79 Å². The van der Waals surface area contributed by atoms with Gasteiger partial charge in [0.05, 0.1) is 18.0 Å². The summed E-state index contributed by atoms with van der Waals surface area (Å²) in [5.41, 5.74) is 12.8. The predicted molar refractivity (Wildman–Crippen MR) is 99.1 cm³/mol. The van der Waals surface area contributed by atoms with Crippen LogP contribution in [0.25, 0.3) is 0 Å². The number of hydrogen-bond donors (Lipinski definition) is 2.